The highest BCUT2D eigenvalue weighted by Gasteiger charge is 2.45. The van der Waals surface area contributed by atoms with E-state index in [1.807, 2.05) is 32.0 Å². The van der Waals surface area contributed by atoms with Crippen LogP contribution in [0, 0.1) is 17.6 Å². The maximum absolute atomic E-state index is 13.8. The SMILES string of the molecule is CC(C)C[C@H](C(=O)NCc1ccc(F)c(F)c1)N1CCC(CCc2ccccc2)N2C[C@H](N)C[C@H]2C1=O. The van der Waals surface area contributed by atoms with Gasteiger partial charge in [-0.25, -0.2) is 8.78 Å². The molecule has 2 heterocycles. The largest absolute Gasteiger partial charge is 0.350 e. The summed E-state index contributed by atoms with van der Waals surface area (Å²) in [6, 6.07) is 13.1. The molecule has 0 spiro atoms. The van der Waals surface area contributed by atoms with Crippen molar-refractivity contribution in [3.8, 4) is 0 Å². The van der Waals surface area contributed by atoms with E-state index in [0.29, 0.717) is 31.5 Å². The van der Waals surface area contributed by atoms with Gasteiger partial charge in [0.05, 0.1) is 6.04 Å². The minimum Gasteiger partial charge on any atom is -0.350 e. The molecule has 8 heteroatoms. The monoisotopic (exact) mass is 512 g/mol. The fraction of sp³-hybridized carbons (Fsp3) is 0.517. The minimum absolute atomic E-state index is 0.0382. The van der Waals surface area contributed by atoms with E-state index in [2.05, 4.69) is 22.3 Å². The van der Waals surface area contributed by atoms with Crippen LogP contribution >= 0.6 is 0 Å². The third kappa shape index (κ3) is 6.73. The predicted molar refractivity (Wildman–Crippen MR) is 139 cm³/mol. The first-order valence-electron chi connectivity index (χ1n) is 13.3. The van der Waals surface area contributed by atoms with Gasteiger partial charge in [-0.2, -0.15) is 0 Å². The van der Waals surface area contributed by atoms with Crippen LogP contribution in [0.5, 0.6) is 0 Å². The molecule has 0 saturated carbocycles. The van der Waals surface area contributed by atoms with Gasteiger partial charge in [0.1, 0.15) is 6.04 Å². The molecule has 6 nitrogen and oxygen atoms in total. The fourth-order valence-electron chi connectivity index (χ4n) is 5.67. The molecule has 0 radical (unpaired) electrons. The highest BCUT2D eigenvalue weighted by Crippen LogP contribution is 2.30. The number of benzene rings is 2. The Bertz CT molecular complexity index is 1080. The van der Waals surface area contributed by atoms with E-state index in [9.17, 15) is 18.4 Å². The zero-order valence-corrected chi connectivity index (χ0v) is 21.7. The number of carbonyl (C=O) groups excluding carboxylic acids is 2. The topological polar surface area (TPSA) is 78.7 Å². The van der Waals surface area contributed by atoms with Crippen molar-refractivity contribution < 1.29 is 18.4 Å². The van der Waals surface area contributed by atoms with Gasteiger partial charge in [0, 0.05) is 31.7 Å². The number of hydrogen-bond acceptors (Lipinski definition) is 4. The van der Waals surface area contributed by atoms with Crippen LogP contribution in [0.1, 0.15) is 50.7 Å². The predicted octanol–water partition coefficient (Wildman–Crippen LogP) is 3.63. The molecular weight excluding hydrogens is 474 g/mol. The van der Waals surface area contributed by atoms with E-state index in [1.54, 1.807) is 4.90 Å². The molecule has 37 heavy (non-hydrogen) atoms. The third-order valence-corrected chi connectivity index (χ3v) is 7.55. The molecule has 4 rings (SSSR count). The average molecular weight is 513 g/mol. The lowest BCUT2D eigenvalue weighted by atomic mass is 9.99. The van der Waals surface area contributed by atoms with E-state index in [-0.39, 0.29) is 42.4 Å². The molecule has 2 aliphatic heterocycles. The van der Waals surface area contributed by atoms with Crippen LogP contribution in [-0.2, 0) is 22.6 Å². The zero-order valence-electron chi connectivity index (χ0n) is 21.7. The fourth-order valence-corrected chi connectivity index (χ4v) is 5.67. The molecular formula is C29H38F2N4O2. The van der Waals surface area contributed by atoms with E-state index >= 15 is 0 Å². The van der Waals surface area contributed by atoms with Crippen LogP contribution < -0.4 is 11.1 Å². The van der Waals surface area contributed by atoms with E-state index in [1.165, 1.54) is 11.6 Å². The van der Waals surface area contributed by atoms with Crippen LogP contribution in [-0.4, -0.2) is 58.9 Å². The van der Waals surface area contributed by atoms with Crippen LogP contribution in [0.15, 0.2) is 48.5 Å². The second-order valence-electron chi connectivity index (χ2n) is 10.8. The molecule has 200 valence electrons. The molecule has 2 aliphatic rings. The second-order valence-corrected chi connectivity index (χ2v) is 10.8. The Balaban J connectivity index is 1.50. The Morgan fingerprint density at radius 3 is 2.57 bits per heavy atom. The van der Waals surface area contributed by atoms with Crippen LogP contribution in [0.4, 0.5) is 8.78 Å². The molecule has 4 atom stereocenters. The lowest BCUT2D eigenvalue weighted by molar-refractivity contribution is -0.143. The highest BCUT2D eigenvalue weighted by atomic mass is 19.2. The molecule has 2 aromatic carbocycles. The number of nitrogens with zero attached hydrogens (tertiary/aromatic N) is 2. The molecule has 2 amide bonds. The number of amides is 2. The zero-order chi connectivity index (χ0) is 26.5. The Kier molecular flexibility index (Phi) is 8.92. The minimum atomic E-state index is -0.951. The van der Waals surface area contributed by atoms with Gasteiger partial charge in [-0.1, -0.05) is 50.2 Å². The highest BCUT2D eigenvalue weighted by molar-refractivity contribution is 5.90. The van der Waals surface area contributed by atoms with Crippen molar-refractivity contribution in [2.45, 2.75) is 76.7 Å². The first kappa shape index (κ1) is 27.2. The van der Waals surface area contributed by atoms with Crippen molar-refractivity contribution in [3.05, 3.63) is 71.3 Å². The molecule has 2 saturated heterocycles. The molecule has 2 aromatic rings. The molecule has 0 bridgehead atoms. The van der Waals surface area contributed by atoms with Gasteiger partial charge in [0.2, 0.25) is 11.8 Å². The number of rotatable bonds is 9. The normalized spacial score (nSPS) is 23.1. The summed E-state index contributed by atoms with van der Waals surface area (Å²) in [5.74, 6) is -2.01. The Labute approximate surface area is 218 Å². The summed E-state index contributed by atoms with van der Waals surface area (Å²) in [4.78, 5) is 31.2. The first-order chi connectivity index (χ1) is 17.7. The van der Waals surface area contributed by atoms with Crippen molar-refractivity contribution in [2.75, 3.05) is 13.1 Å². The van der Waals surface area contributed by atoms with Crippen molar-refractivity contribution in [1.82, 2.24) is 15.1 Å². The third-order valence-electron chi connectivity index (χ3n) is 7.55. The van der Waals surface area contributed by atoms with Gasteiger partial charge in [0.25, 0.3) is 0 Å². The van der Waals surface area contributed by atoms with Crippen LogP contribution in [0.2, 0.25) is 0 Å². The van der Waals surface area contributed by atoms with Crippen molar-refractivity contribution in [3.63, 3.8) is 0 Å². The Hall–Kier alpha value is -2.84. The van der Waals surface area contributed by atoms with Gasteiger partial charge in [-0.15, -0.1) is 0 Å². The molecule has 3 N–H and O–H groups in total. The quantitative estimate of drug-likeness (QED) is 0.538. The summed E-state index contributed by atoms with van der Waals surface area (Å²) in [7, 11) is 0. The Morgan fingerprint density at radius 1 is 1.11 bits per heavy atom. The van der Waals surface area contributed by atoms with Crippen molar-refractivity contribution in [2.24, 2.45) is 11.7 Å². The van der Waals surface area contributed by atoms with Crippen molar-refractivity contribution >= 4 is 11.8 Å². The van der Waals surface area contributed by atoms with Gasteiger partial charge >= 0.3 is 0 Å². The summed E-state index contributed by atoms with van der Waals surface area (Å²) < 4.78 is 26.9. The number of hydrogen-bond donors (Lipinski definition) is 2. The molecule has 1 unspecified atom stereocenters. The van der Waals surface area contributed by atoms with Crippen molar-refractivity contribution in [1.29, 1.82) is 0 Å². The lowest BCUT2D eigenvalue weighted by Crippen LogP contribution is -2.53. The average Bonchev–Trinajstić information content (AvgIpc) is 3.22. The standard InChI is InChI=1S/C29H38F2N4O2/c1-19(2)14-26(28(36)33-17-21-9-11-24(30)25(31)15-21)34-13-12-23(10-8-20-6-4-3-5-7-20)35-18-22(32)16-27(35)29(34)37/h3-7,9,11,15,19,22-23,26-27H,8,10,12-14,16-18,32H2,1-2H3,(H,33,36)/t22-,23?,26-,27+/m1/s1. The maximum atomic E-state index is 13.8. The number of nitrogens with one attached hydrogen (secondary N) is 1. The van der Waals surface area contributed by atoms with Crippen LogP contribution in [0.3, 0.4) is 0 Å². The van der Waals surface area contributed by atoms with E-state index < -0.39 is 17.7 Å². The number of nitrogens with two attached hydrogens (primary N) is 1. The van der Waals surface area contributed by atoms with Gasteiger partial charge in [-0.3, -0.25) is 14.5 Å². The number of fused-ring (bicyclic) bond motifs is 1. The first-order valence-corrected chi connectivity index (χ1v) is 13.3. The maximum Gasteiger partial charge on any atom is 0.243 e. The molecule has 0 aliphatic carbocycles. The molecule has 2 fully saturated rings. The second kappa shape index (κ2) is 12.1. The summed E-state index contributed by atoms with van der Waals surface area (Å²) in [6.45, 7) is 5.29. The number of aryl methyl sites for hydroxylation is 1. The van der Waals surface area contributed by atoms with Gasteiger partial charge in [0.15, 0.2) is 11.6 Å². The summed E-state index contributed by atoms with van der Waals surface area (Å²) in [5.41, 5.74) is 8.06. The van der Waals surface area contributed by atoms with E-state index in [0.717, 1.165) is 31.4 Å². The lowest BCUT2D eigenvalue weighted by Gasteiger charge is -2.33. The van der Waals surface area contributed by atoms with Gasteiger partial charge in [-0.05, 0) is 61.3 Å². The van der Waals surface area contributed by atoms with Gasteiger partial charge < -0.3 is 16.0 Å². The summed E-state index contributed by atoms with van der Waals surface area (Å²) in [5, 5.41) is 2.86. The molecule has 0 aromatic heterocycles. The number of halogens is 2. The summed E-state index contributed by atoms with van der Waals surface area (Å²) >= 11 is 0. The smallest absolute Gasteiger partial charge is 0.243 e. The van der Waals surface area contributed by atoms with Crippen LogP contribution in [0.25, 0.3) is 0 Å². The van der Waals surface area contributed by atoms with E-state index in [4.69, 9.17) is 5.73 Å². The Morgan fingerprint density at radius 2 is 1.86 bits per heavy atom. The number of carbonyl (C=O) groups is 2. The summed E-state index contributed by atoms with van der Waals surface area (Å²) in [6.07, 6.45) is 3.71.